The molecule has 136 valence electrons. The Morgan fingerprint density at radius 3 is 2.38 bits per heavy atom. The van der Waals surface area contributed by atoms with Crippen molar-refractivity contribution >= 4 is 27.3 Å². The number of hydrogen-bond acceptors (Lipinski definition) is 5. The van der Waals surface area contributed by atoms with E-state index >= 15 is 0 Å². The molecule has 0 unspecified atom stereocenters. The van der Waals surface area contributed by atoms with Crippen LogP contribution in [0, 0.1) is 11.3 Å². The van der Waals surface area contributed by atoms with Crippen LogP contribution in [-0.4, -0.2) is 49.7 Å². The number of carbonyl (C=O) groups excluding carboxylic acids is 1. The summed E-state index contributed by atoms with van der Waals surface area (Å²) in [6.07, 6.45) is 1.16. The van der Waals surface area contributed by atoms with E-state index in [1.54, 1.807) is 16.2 Å². The Morgan fingerprint density at radius 1 is 1.12 bits per heavy atom. The van der Waals surface area contributed by atoms with Crippen LogP contribution >= 0.6 is 11.3 Å². The van der Waals surface area contributed by atoms with Gasteiger partial charge in [0.05, 0.1) is 16.5 Å². The minimum atomic E-state index is -3.60. The molecular weight excluding hydrogens is 370 g/mol. The van der Waals surface area contributed by atoms with Crippen LogP contribution in [0.5, 0.6) is 0 Å². The highest BCUT2D eigenvalue weighted by atomic mass is 32.2. The molecule has 0 atom stereocenters. The third kappa shape index (κ3) is 4.12. The highest BCUT2D eigenvalue weighted by molar-refractivity contribution is 7.89. The van der Waals surface area contributed by atoms with E-state index in [1.165, 1.54) is 28.6 Å². The van der Waals surface area contributed by atoms with Gasteiger partial charge in [-0.2, -0.15) is 20.9 Å². The van der Waals surface area contributed by atoms with E-state index in [9.17, 15) is 13.2 Å². The predicted octanol–water partition coefficient (Wildman–Crippen LogP) is 2.09. The molecule has 0 bridgehead atoms. The standard InChI is InChI=1S/C18H19N3O3S2/c19-13-15-1-4-17(5-2-15)26(23,24)21-10-8-20(9-11-21)18(22)6-3-16-7-12-25-14-16/h1-2,4-5,7,12,14H,3,6,8-11H2. The first-order valence-corrected chi connectivity index (χ1v) is 10.7. The Labute approximate surface area is 157 Å². The molecule has 1 saturated heterocycles. The van der Waals surface area contributed by atoms with Crippen LogP contribution in [0.3, 0.4) is 0 Å². The predicted molar refractivity (Wildman–Crippen MR) is 99.1 cm³/mol. The van der Waals surface area contributed by atoms with Crippen molar-refractivity contribution in [2.45, 2.75) is 17.7 Å². The highest BCUT2D eigenvalue weighted by Crippen LogP contribution is 2.19. The summed E-state index contributed by atoms with van der Waals surface area (Å²) < 4.78 is 26.8. The maximum absolute atomic E-state index is 12.7. The highest BCUT2D eigenvalue weighted by Gasteiger charge is 2.29. The molecule has 1 fully saturated rings. The van der Waals surface area contributed by atoms with E-state index in [1.807, 2.05) is 22.9 Å². The maximum atomic E-state index is 12.7. The van der Waals surface area contributed by atoms with Crippen LogP contribution in [0.2, 0.25) is 0 Å². The van der Waals surface area contributed by atoms with Crippen molar-refractivity contribution in [3.05, 3.63) is 52.2 Å². The number of hydrogen-bond donors (Lipinski definition) is 0. The largest absolute Gasteiger partial charge is 0.340 e. The molecule has 1 amide bonds. The minimum Gasteiger partial charge on any atom is -0.340 e. The van der Waals surface area contributed by atoms with Crippen LogP contribution in [0.4, 0.5) is 0 Å². The molecule has 0 N–H and O–H groups in total. The number of sulfonamides is 1. The Morgan fingerprint density at radius 2 is 1.81 bits per heavy atom. The van der Waals surface area contributed by atoms with Gasteiger partial charge in [0.15, 0.2) is 0 Å². The number of piperazine rings is 1. The molecule has 8 heteroatoms. The summed E-state index contributed by atoms with van der Waals surface area (Å²) in [5.74, 6) is 0.0617. The fraction of sp³-hybridized carbons (Fsp3) is 0.333. The molecule has 3 rings (SSSR count). The quantitative estimate of drug-likeness (QED) is 0.784. The van der Waals surface area contributed by atoms with Gasteiger partial charge in [-0.05, 0) is 53.1 Å². The second-order valence-corrected chi connectivity index (χ2v) is 8.77. The Kier molecular flexibility index (Phi) is 5.71. The maximum Gasteiger partial charge on any atom is 0.243 e. The van der Waals surface area contributed by atoms with Gasteiger partial charge in [-0.1, -0.05) is 0 Å². The van der Waals surface area contributed by atoms with E-state index in [4.69, 9.17) is 5.26 Å². The van der Waals surface area contributed by atoms with Crippen molar-refractivity contribution in [2.75, 3.05) is 26.2 Å². The molecule has 1 aliphatic heterocycles. The van der Waals surface area contributed by atoms with Crippen LogP contribution in [0.15, 0.2) is 46.0 Å². The summed E-state index contributed by atoms with van der Waals surface area (Å²) in [5, 5.41) is 12.8. The van der Waals surface area contributed by atoms with Crippen molar-refractivity contribution in [1.29, 1.82) is 5.26 Å². The fourth-order valence-corrected chi connectivity index (χ4v) is 5.00. The van der Waals surface area contributed by atoms with Crippen LogP contribution in [0.25, 0.3) is 0 Å². The van der Waals surface area contributed by atoms with Gasteiger partial charge < -0.3 is 4.90 Å². The third-order valence-corrected chi connectivity index (χ3v) is 7.07. The van der Waals surface area contributed by atoms with Gasteiger partial charge in [-0.25, -0.2) is 8.42 Å². The van der Waals surface area contributed by atoms with E-state index < -0.39 is 10.0 Å². The van der Waals surface area contributed by atoms with Crippen LogP contribution in [0.1, 0.15) is 17.5 Å². The number of amides is 1. The molecule has 0 saturated carbocycles. The molecule has 1 aromatic carbocycles. The molecular formula is C18H19N3O3S2. The topological polar surface area (TPSA) is 81.5 Å². The van der Waals surface area contributed by atoms with Crippen molar-refractivity contribution in [2.24, 2.45) is 0 Å². The van der Waals surface area contributed by atoms with Crippen molar-refractivity contribution in [3.63, 3.8) is 0 Å². The Hall–Kier alpha value is -2.21. The van der Waals surface area contributed by atoms with E-state index in [2.05, 4.69) is 0 Å². The fourth-order valence-electron chi connectivity index (χ4n) is 2.87. The van der Waals surface area contributed by atoms with Crippen LogP contribution < -0.4 is 0 Å². The van der Waals surface area contributed by atoms with Crippen molar-refractivity contribution in [3.8, 4) is 6.07 Å². The molecule has 6 nitrogen and oxygen atoms in total. The lowest BCUT2D eigenvalue weighted by Crippen LogP contribution is -2.50. The van der Waals surface area contributed by atoms with E-state index in [-0.39, 0.29) is 23.9 Å². The molecule has 1 aromatic heterocycles. The van der Waals surface area contributed by atoms with Gasteiger partial charge in [-0.15, -0.1) is 0 Å². The first-order valence-electron chi connectivity index (χ1n) is 8.30. The van der Waals surface area contributed by atoms with Crippen molar-refractivity contribution in [1.82, 2.24) is 9.21 Å². The summed E-state index contributed by atoms with van der Waals surface area (Å²) in [5.41, 5.74) is 1.58. The second kappa shape index (κ2) is 7.99. The van der Waals surface area contributed by atoms with Gasteiger partial charge in [-0.3, -0.25) is 4.79 Å². The zero-order valence-electron chi connectivity index (χ0n) is 14.2. The van der Waals surface area contributed by atoms with Gasteiger partial charge in [0.25, 0.3) is 0 Å². The summed E-state index contributed by atoms with van der Waals surface area (Å²) >= 11 is 1.61. The molecule has 0 spiro atoms. The number of rotatable bonds is 5. The summed E-state index contributed by atoms with van der Waals surface area (Å²) in [6.45, 7) is 1.37. The van der Waals surface area contributed by atoms with Crippen LogP contribution in [-0.2, 0) is 21.2 Å². The lowest BCUT2D eigenvalue weighted by atomic mass is 10.1. The van der Waals surface area contributed by atoms with E-state index in [0.29, 0.717) is 31.5 Å². The number of nitrogens with zero attached hydrogens (tertiary/aromatic N) is 3. The SMILES string of the molecule is N#Cc1ccc(S(=O)(=O)N2CCN(C(=O)CCc3ccsc3)CC2)cc1. The Balaban J connectivity index is 1.56. The third-order valence-electron chi connectivity index (χ3n) is 4.42. The summed E-state index contributed by atoms with van der Waals surface area (Å²) in [6, 6.07) is 9.88. The summed E-state index contributed by atoms with van der Waals surface area (Å²) in [7, 11) is -3.60. The lowest BCUT2D eigenvalue weighted by Gasteiger charge is -2.34. The normalized spacial score (nSPS) is 15.6. The molecule has 0 aliphatic carbocycles. The van der Waals surface area contributed by atoms with Gasteiger partial charge in [0.2, 0.25) is 15.9 Å². The monoisotopic (exact) mass is 389 g/mol. The number of aryl methyl sites for hydroxylation is 1. The zero-order valence-corrected chi connectivity index (χ0v) is 15.8. The first-order chi connectivity index (χ1) is 12.5. The Bertz CT molecular complexity index is 892. The zero-order chi connectivity index (χ0) is 18.6. The number of benzene rings is 1. The molecule has 2 aromatic rings. The average molecular weight is 390 g/mol. The van der Waals surface area contributed by atoms with Gasteiger partial charge in [0.1, 0.15) is 0 Å². The van der Waals surface area contributed by atoms with Gasteiger partial charge >= 0.3 is 0 Å². The number of thiophene rings is 1. The first kappa shape index (κ1) is 18.6. The summed E-state index contributed by atoms with van der Waals surface area (Å²) in [4.78, 5) is 14.2. The molecule has 2 heterocycles. The average Bonchev–Trinajstić information content (AvgIpc) is 3.20. The van der Waals surface area contributed by atoms with Crippen molar-refractivity contribution < 1.29 is 13.2 Å². The van der Waals surface area contributed by atoms with E-state index in [0.717, 1.165) is 5.56 Å². The molecule has 1 aliphatic rings. The number of nitriles is 1. The lowest BCUT2D eigenvalue weighted by molar-refractivity contribution is -0.132. The second-order valence-electron chi connectivity index (χ2n) is 6.05. The smallest absolute Gasteiger partial charge is 0.243 e. The van der Waals surface area contributed by atoms with Gasteiger partial charge in [0, 0.05) is 32.6 Å². The number of carbonyl (C=O) groups is 1. The minimum absolute atomic E-state index is 0.0617. The molecule has 0 radical (unpaired) electrons. The molecule has 26 heavy (non-hydrogen) atoms.